The van der Waals surface area contributed by atoms with Crippen LogP contribution in [0.25, 0.3) is 0 Å². The van der Waals surface area contributed by atoms with Gasteiger partial charge in [0.15, 0.2) is 0 Å². The van der Waals surface area contributed by atoms with E-state index in [1.54, 1.807) is 0 Å². The number of likely N-dealkylation sites (tertiary alicyclic amines) is 1. The summed E-state index contributed by atoms with van der Waals surface area (Å²) in [7, 11) is 0. The fourth-order valence-corrected chi connectivity index (χ4v) is 3.03. The third-order valence-corrected chi connectivity index (χ3v) is 3.93. The van der Waals surface area contributed by atoms with Crippen LogP contribution in [0.3, 0.4) is 0 Å². The van der Waals surface area contributed by atoms with Crippen LogP contribution in [0.5, 0.6) is 0 Å². The van der Waals surface area contributed by atoms with Gasteiger partial charge in [-0.3, -0.25) is 4.90 Å². The second-order valence-electron chi connectivity index (χ2n) is 5.02. The van der Waals surface area contributed by atoms with E-state index in [-0.39, 0.29) is 0 Å². The molecule has 2 nitrogen and oxygen atoms in total. The maximum absolute atomic E-state index is 5.87. The first kappa shape index (κ1) is 15.0. The summed E-state index contributed by atoms with van der Waals surface area (Å²) in [6.45, 7) is 5.22. The van der Waals surface area contributed by atoms with Gasteiger partial charge in [0.05, 0.1) is 0 Å². The molecule has 0 amide bonds. The first-order valence-electron chi connectivity index (χ1n) is 7.01. The highest BCUT2D eigenvalue weighted by atomic mass is 35.5. The van der Waals surface area contributed by atoms with Crippen LogP contribution in [0.4, 0.5) is 5.69 Å². The summed E-state index contributed by atoms with van der Waals surface area (Å²) in [4.78, 5) is 4.78. The van der Waals surface area contributed by atoms with Crippen LogP contribution in [0, 0.1) is 0 Å². The third kappa shape index (κ3) is 4.55. The average molecular weight is 301 g/mol. The van der Waals surface area contributed by atoms with Crippen LogP contribution >= 0.6 is 23.2 Å². The lowest BCUT2D eigenvalue weighted by atomic mass is 10.1. The number of hydrogen-bond acceptors (Lipinski definition) is 2. The Labute approximate surface area is 126 Å². The molecule has 0 aromatic heterocycles. The smallest absolute Gasteiger partial charge is 0.0399 e. The Balaban J connectivity index is 2.03. The number of alkyl halides is 2. The number of benzene rings is 1. The molecule has 1 heterocycles. The van der Waals surface area contributed by atoms with Crippen LogP contribution in [0.15, 0.2) is 24.3 Å². The van der Waals surface area contributed by atoms with Crippen molar-refractivity contribution in [2.24, 2.45) is 0 Å². The molecule has 0 bridgehead atoms. The van der Waals surface area contributed by atoms with Gasteiger partial charge in [0, 0.05) is 37.1 Å². The lowest BCUT2D eigenvalue weighted by molar-refractivity contribution is 0.331. The maximum atomic E-state index is 5.87. The number of anilines is 1. The van der Waals surface area contributed by atoms with Crippen molar-refractivity contribution >= 4 is 28.9 Å². The summed E-state index contributed by atoms with van der Waals surface area (Å²) in [5, 5.41) is 0. The molecule has 1 fully saturated rings. The Morgan fingerprint density at radius 1 is 1.05 bits per heavy atom. The lowest BCUT2D eigenvalue weighted by Gasteiger charge is -2.24. The fraction of sp³-hybridized carbons (Fsp3) is 0.600. The average Bonchev–Trinajstić information content (AvgIpc) is 2.92. The number of hydrogen-bond donors (Lipinski definition) is 0. The Bertz CT molecular complexity index is 372. The van der Waals surface area contributed by atoms with E-state index in [0.717, 1.165) is 19.6 Å². The second-order valence-corrected chi connectivity index (χ2v) is 5.77. The molecular formula is C15H22Cl2N2. The first-order valence-corrected chi connectivity index (χ1v) is 8.08. The minimum atomic E-state index is 0.632. The molecule has 1 aliphatic rings. The van der Waals surface area contributed by atoms with Crippen molar-refractivity contribution in [2.75, 3.05) is 42.8 Å². The van der Waals surface area contributed by atoms with Gasteiger partial charge in [-0.1, -0.05) is 12.1 Å². The van der Waals surface area contributed by atoms with Crippen LogP contribution < -0.4 is 4.90 Å². The summed E-state index contributed by atoms with van der Waals surface area (Å²) in [6, 6.07) is 8.77. The van der Waals surface area contributed by atoms with Crippen molar-refractivity contribution in [3.8, 4) is 0 Å². The van der Waals surface area contributed by atoms with E-state index in [2.05, 4.69) is 34.1 Å². The Hall–Kier alpha value is -0.440. The van der Waals surface area contributed by atoms with Crippen LogP contribution in [-0.2, 0) is 6.54 Å². The molecule has 0 spiro atoms. The van der Waals surface area contributed by atoms with E-state index in [1.165, 1.54) is 37.2 Å². The Morgan fingerprint density at radius 3 is 2.37 bits per heavy atom. The Morgan fingerprint density at radius 2 is 1.74 bits per heavy atom. The van der Waals surface area contributed by atoms with Crippen molar-refractivity contribution in [3.63, 3.8) is 0 Å². The van der Waals surface area contributed by atoms with Gasteiger partial charge in [-0.15, -0.1) is 23.2 Å². The van der Waals surface area contributed by atoms with Crippen molar-refractivity contribution in [1.29, 1.82) is 0 Å². The van der Waals surface area contributed by atoms with E-state index < -0.39 is 0 Å². The molecular weight excluding hydrogens is 279 g/mol. The van der Waals surface area contributed by atoms with E-state index in [1.807, 2.05) is 0 Å². The van der Waals surface area contributed by atoms with Gasteiger partial charge in [-0.2, -0.15) is 0 Å². The van der Waals surface area contributed by atoms with Crippen molar-refractivity contribution in [3.05, 3.63) is 29.8 Å². The molecule has 0 N–H and O–H groups in total. The monoisotopic (exact) mass is 300 g/mol. The molecule has 0 radical (unpaired) electrons. The van der Waals surface area contributed by atoms with E-state index in [0.29, 0.717) is 11.8 Å². The van der Waals surface area contributed by atoms with Gasteiger partial charge in [0.1, 0.15) is 0 Å². The minimum absolute atomic E-state index is 0.632. The lowest BCUT2D eigenvalue weighted by Crippen LogP contribution is -2.27. The molecule has 1 aromatic rings. The topological polar surface area (TPSA) is 6.48 Å². The minimum Gasteiger partial charge on any atom is -0.369 e. The molecule has 0 unspecified atom stereocenters. The molecule has 4 heteroatoms. The molecule has 1 aromatic carbocycles. The molecule has 0 atom stereocenters. The molecule has 0 aliphatic carbocycles. The standard InChI is InChI=1S/C15H22Cl2N2/c16-6-10-19(11-7-17)15-5-3-4-14(12-15)13-18-8-1-2-9-18/h3-5,12H,1-2,6-11,13H2. The highest BCUT2D eigenvalue weighted by molar-refractivity contribution is 6.18. The highest BCUT2D eigenvalue weighted by Crippen LogP contribution is 2.19. The number of halogens is 2. The predicted octanol–water partition coefficient (Wildman–Crippen LogP) is 3.57. The number of rotatable bonds is 7. The van der Waals surface area contributed by atoms with Crippen LogP contribution in [-0.4, -0.2) is 42.8 Å². The highest BCUT2D eigenvalue weighted by Gasteiger charge is 2.12. The van der Waals surface area contributed by atoms with Crippen molar-refractivity contribution in [1.82, 2.24) is 4.90 Å². The second kappa shape index (κ2) is 7.98. The molecule has 0 saturated carbocycles. The largest absolute Gasteiger partial charge is 0.369 e. The molecule has 1 saturated heterocycles. The SMILES string of the molecule is ClCCN(CCCl)c1cccc(CN2CCCC2)c1. The van der Waals surface area contributed by atoms with Crippen molar-refractivity contribution < 1.29 is 0 Å². The van der Waals surface area contributed by atoms with Crippen LogP contribution in [0.2, 0.25) is 0 Å². The summed E-state index contributed by atoms with van der Waals surface area (Å²) >= 11 is 11.7. The number of nitrogens with zero attached hydrogens (tertiary/aromatic N) is 2. The zero-order chi connectivity index (χ0) is 13.5. The van der Waals surface area contributed by atoms with E-state index in [9.17, 15) is 0 Å². The summed E-state index contributed by atoms with van der Waals surface area (Å²) in [5.41, 5.74) is 2.62. The van der Waals surface area contributed by atoms with Gasteiger partial charge >= 0.3 is 0 Å². The zero-order valence-electron chi connectivity index (χ0n) is 11.3. The molecule has 19 heavy (non-hydrogen) atoms. The van der Waals surface area contributed by atoms with E-state index >= 15 is 0 Å². The van der Waals surface area contributed by atoms with Gasteiger partial charge in [0.2, 0.25) is 0 Å². The summed E-state index contributed by atoms with van der Waals surface area (Å²) in [6.07, 6.45) is 2.68. The molecule has 106 valence electrons. The van der Waals surface area contributed by atoms with Gasteiger partial charge in [0.25, 0.3) is 0 Å². The predicted molar refractivity (Wildman–Crippen MR) is 84.6 cm³/mol. The Kier molecular flexibility index (Phi) is 6.29. The first-order chi connectivity index (χ1) is 9.33. The fourth-order valence-electron chi connectivity index (χ4n) is 2.62. The van der Waals surface area contributed by atoms with Crippen molar-refractivity contribution in [2.45, 2.75) is 19.4 Å². The molecule has 2 rings (SSSR count). The van der Waals surface area contributed by atoms with Crippen LogP contribution in [0.1, 0.15) is 18.4 Å². The maximum Gasteiger partial charge on any atom is 0.0399 e. The molecule has 1 aliphatic heterocycles. The summed E-state index contributed by atoms with van der Waals surface area (Å²) < 4.78 is 0. The summed E-state index contributed by atoms with van der Waals surface area (Å²) in [5.74, 6) is 1.26. The third-order valence-electron chi connectivity index (χ3n) is 3.59. The van der Waals surface area contributed by atoms with Gasteiger partial charge in [-0.25, -0.2) is 0 Å². The van der Waals surface area contributed by atoms with E-state index in [4.69, 9.17) is 23.2 Å². The van der Waals surface area contributed by atoms with Gasteiger partial charge in [-0.05, 0) is 43.6 Å². The normalized spacial score (nSPS) is 15.9. The quantitative estimate of drug-likeness (QED) is 0.710. The zero-order valence-corrected chi connectivity index (χ0v) is 12.8. The van der Waals surface area contributed by atoms with Gasteiger partial charge < -0.3 is 4.90 Å².